The number of aliphatic hydroxyl groups is 1. The Hall–Kier alpha value is -1.04. The van der Waals surface area contributed by atoms with Crippen molar-refractivity contribution in [2.75, 3.05) is 0 Å². The Morgan fingerprint density at radius 1 is 1.20 bits per heavy atom. The van der Waals surface area contributed by atoms with Crippen molar-refractivity contribution in [2.24, 2.45) is 40.4 Å². The number of allylic oxidation sites excluding steroid dienone is 4. The van der Waals surface area contributed by atoms with Gasteiger partial charge in [-0.15, -0.1) is 0 Å². The number of hydrogen-bond acceptors (Lipinski definition) is 4. The highest BCUT2D eigenvalue weighted by atomic mass is 28.4. The Morgan fingerprint density at radius 2 is 1.90 bits per heavy atom. The Morgan fingerprint density at radius 3 is 2.53 bits per heavy atom. The molecule has 1 N–H and O–H groups in total. The lowest BCUT2D eigenvalue weighted by Crippen LogP contribution is -2.64. The van der Waals surface area contributed by atoms with Crippen LogP contribution in [0.25, 0.3) is 0 Å². The molecule has 4 saturated carbocycles. The van der Waals surface area contributed by atoms with E-state index in [1.165, 1.54) is 5.57 Å². The highest BCUT2D eigenvalue weighted by molar-refractivity contribution is 6.69. The highest BCUT2D eigenvalue weighted by Gasteiger charge is 2.79. The topological polar surface area (TPSA) is 63.6 Å². The predicted octanol–water partition coefficient (Wildman–Crippen LogP) is 4.30. The SMILES string of the molecule is CC(=O)[C@@]1(O)[C@@H]2C[C@@H]2[C@H]2[C@@H]3CCC4=CC(=O)C=C[C@]4(C)[C@H]3[C@@H](O[Si](C)(C)C)C[C@@]21C. The minimum Gasteiger partial charge on any atom is -0.414 e. The molecule has 5 aliphatic carbocycles. The molecule has 0 aromatic heterocycles. The van der Waals surface area contributed by atoms with Crippen molar-refractivity contribution in [2.45, 2.75) is 77.8 Å². The van der Waals surface area contributed by atoms with Crippen LogP contribution in [0, 0.1) is 40.4 Å². The number of ketones is 2. The van der Waals surface area contributed by atoms with E-state index >= 15 is 0 Å². The number of hydrogen-bond donors (Lipinski definition) is 1. The molecule has 0 aliphatic heterocycles. The summed E-state index contributed by atoms with van der Waals surface area (Å²) in [5.74, 6) is 1.66. The van der Waals surface area contributed by atoms with E-state index in [1.54, 1.807) is 13.0 Å². The van der Waals surface area contributed by atoms with Gasteiger partial charge in [-0.2, -0.15) is 0 Å². The van der Waals surface area contributed by atoms with Gasteiger partial charge in [-0.25, -0.2) is 0 Å². The van der Waals surface area contributed by atoms with Gasteiger partial charge in [-0.1, -0.05) is 25.5 Å². The quantitative estimate of drug-likeness (QED) is 0.681. The largest absolute Gasteiger partial charge is 0.414 e. The third-order valence-electron chi connectivity index (χ3n) is 9.48. The monoisotopic (exact) mass is 428 g/mol. The number of fused-ring (bicyclic) bond motifs is 7. The molecule has 4 fully saturated rings. The third-order valence-corrected chi connectivity index (χ3v) is 10.5. The fourth-order valence-corrected chi connectivity index (χ4v) is 9.65. The van der Waals surface area contributed by atoms with E-state index in [0.29, 0.717) is 23.7 Å². The summed E-state index contributed by atoms with van der Waals surface area (Å²) in [5, 5.41) is 11.8. The van der Waals surface area contributed by atoms with E-state index in [9.17, 15) is 14.7 Å². The molecule has 0 aromatic rings. The molecule has 0 unspecified atom stereocenters. The second-order valence-corrected chi connectivity index (χ2v) is 16.6. The maximum atomic E-state index is 12.8. The van der Waals surface area contributed by atoms with Crippen molar-refractivity contribution in [3.05, 3.63) is 23.8 Å². The van der Waals surface area contributed by atoms with E-state index in [2.05, 4.69) is 39.6 Å². The zero-order chi connectivity index (χ0) is 21.9. The Bertz CT molecular complexity index is 884. The molecule has 9 atom stereocenters. The average molecular weight is 429 g/mol. The van der Waals surface area contributed by atoms with Crippen molar-refractivity contribution in [3.63, 3.8) is 0 Å². The van der Waals surface area contributed by atoms with Crippen LogP contribution in [0.5, 0.6) is 0 Å². The average Bonchev–Trinajstić information content (AvgIpc) is 3.36. The van der Waals surface area contributed by atoms with Gasteiger partial charge in [-0.3, -0.25) is 9.59 Å². The van der Waals surface area contributed by atoms with E-state index in [1.807, 2.05) is 6.08 Å². The van der Waals surface area contributed by atoms with Crippen molar-refractivity contribution in [1.82, 2.24) is 0 Å². The fraction of sp³-hybridized carbons (Fsp3) is 0.760. The van der Waals surface area contributed by atoms with Gasteiger partial charge in [0, 0.05) is 16.9 Å². The molecule has 164 valence electrons. The smallest absolute Gasteiger partial charge is 0.184 e. The van der Waals surface area contributed by atoms with Crippen LogP contribution in [-0.4, -0.2) is 36.7 Å². The molecule has 5 rings (SSSR count). The van der Waals surface area contributed by atoms with E-state index < -0.39 is 19.3 Å². The van der Waals surface area contributed by atoms with Gasteiger partial charge >= 0.3 is 0 Å². The minimum atomic E-state index is -1.86. The van der Waals surface area contributed by atoms with Crippen LogP contribution < -0.4 is 0 Å². The van der Waals surface area contributed by atoms with E-state index in [0.717, 1.165) is 25.7 Å². The Kier molecular flexibility index (Phi) is 4.20. The molecule has 4 nitrogen and oxygen atoms in total. The summed E-state index contributed by atoms with van der Waals surface area (Å²) in [6.07, 6.45) is 9.40. The van der Waals surface area contributed by atoms with Gasteiger partial charge in [0.2, 0.25) is 0 Å². The molecular weight excluding hydrogens is 392 g/mol. The second-order valence-electron chi connectivity index (χ2n) is 12.2. The lowest BCUT2D eigenvalue weighted by atomic mass is 9.45. The number of carbonyl (C=O) groups excluding carboxylic acids is 2. The Balaban J connectivity index is 1.64. The van der Waals surface area contributed by atoms with Crippen molar-refractivity contribution in [1.29, 1.82) is 0 Å². The van der Waals surface area contributed by atoms with Crippen LogP contribution in [0.3, 0.4) is 0 Å². The van der Waals surface area contributed by atoms with Crippen LogP contribution in [-0.2, 0) is 14.0 Å². The number of Topliss-reactive ketones (excluding diaryl/α,β-unsaturated/α-hetero) is 1. The zero-order valence-electron chi connectivity index (χ0n) is 19.2. The molecule has 0 heterocycles. The van der Waals surface area contributed by atoms with Crippen LogP contribution in [0.4, 0.5) is 0 Å². The Labute approximate surface area is 181 Å². The van der Waals surface area contributed by atoms with Gasteiger partial charge in [-0.05, 0) is 94.0 Å². The molecule has 0 amide bonds. The number of carbonyl (C=O) groups is 2. The lowest BCUT2D eigenvalue weighted by Gasteiger charge is -2.62. The number of rotatable bonds is 3. The second kappa shape index (κ2) is 6.05. The first-order valence-corrected chi connectivity index (χ1v) is 15.1. The van der Waals surface area contributed by atoms with Gasteiger partial charge < -0.3 is 9.53 Å². The molecule has 0 saturated heterocycles. The summed E-state index contributed by atoms with van der Waals surface area (Å²) < 4.78 is 6.86. The first-order valence-electron chi connectivity index (χ1n) is 11.7. The summed E-state index contributed by atoms with van der Waals surface area (Å²) >= 11 is 0. The van der Waals surface area contributed by atoms with E-state index in [-0.39, 0.29) is 29.0 Å². The van der Waals surface area contributed by atoms with Gasteiger partial charge in [0.1, 0.15) is 5.60 Å². The standard InChI is InChI=1S/C25H36O4Si/c1-14(26)25(28)19-12-18(19)21-17-8-7-15-11-16(27)9-10-23(15,2)22(17)20(13-24(21,25)3)29-30(4,5)6/h9-11,17-22,28H,7-8,12-13H2,1-6H3/t17-,18-,19+,20-,21+,22+,23-,24-,25+/m0/s1. The van der Waals surface area contributed by atoms with Gasteiger partial charge in [0.25, 0.3) is 0 Å². The summed E-state index contributed by atoms with van der Waals surface area (Å²) in [4.78, 5) is 24.9. The molecule has 0 aromatic carbocycles. The first kappa shape index (κ1) is 20.8. The molecular formula is C25H36O4Si. The van der Waals surface area contributed by atoms with Crippen molar-refractivity contribution >= 4 is 19.9 Å². The molecule has 5 aliphatic rings. The van der Waals surface area contributed by atoms with Crippen LogP contribution in [0.1, 0.15) is 46.5 Å². The van der Waals surface area contributed by atoms with Crippen LogP contribution in [0.2, 0.25) is 19.6 Å². The van der Waals surface area contributed by atoms with Crippen molar-refractivity contribution in [3.8, 4) is 0 Å². The molecule has 0 radical (unpaired) electrons. The maximum absolute atomic E-state index is 12.8. The zero-order valence-corrected chi connectivity index (χ0v) is 20.2. The molecule has 5 heteroatoms. The summed E-state index contributed by atoms with van der Waals surface area (Å²) in [7, 11) is -1.86. The first-order chi connectivity index (χ1) is 13.8. The predicted molar refractivity (Wildman–Crippen MR) is 118 cm³/mol. The molecule has 0 spiro atoms. The molecule has 0 bridgehead atoms. The summed E-state index contributed by atoms with van der Waals surface area (Å²) in [5.41, 5.74) is -0.576. The van der Waals surface area contributed by atoms with Crippen LogP contribution >= 0.6 is 0 Å². The fourth-order valence-electron chi connectivity index (χ4n) is 8.52. The summed E-state index contributed by atoms with van der Waals surface area (Å²) in [6.45, 7) is 12.7. The normalized spacial score (nSPS) is 51.4. The lowest BCUT2D eigenvalue weighted by molar-refractivity contribution is -0.183. The molecule has 30 heavy (non-hydrogen) atoms. The highest BCUT2D eigenvalue weighted by Crippen LogP contribution is 2.77. The van der Waals surface area contributed by atoms with Gasteiger partial charge in [0.05, 0.1) is 0 Å². The van der Waals surface area contributed by atoms with Crippen LogP contribution in [0.15, 0.2) is 23.8 Å². The van der Waals surface area contributed by atoms with Gasteiger partial charge in [0.15, 0.2) is 19.9 Å². The third kappa shape index (κ3) is 2.52. The maximum Gasteiger partial charge on any atom is 0.184 e. The van der Waals surface area contributed by atoms with E-state index in [4.69, 9.17) is 4.43 Å². The minimum absolute atomic E-state index is 0.00200. The summed E-state index contributed by atoms with van der Waals surface area (Å²) in [6, 6.07) is 0. The van der Waals surface area contributed by atoms with Crippen molar-refractivity contribution < 1.29 is 19.1 Å².